The molecule has 11 nitrogen and oxygen atoms in total. The zero-order valence-electron chi connectivity index (χ0n) is 26.1. The van der Waals surface area contributed by atoms with Crippen LogP contribution >= 0.6 is 0 Å². The van der Waals surface area contributed by atoms with Gasteiger partial charge >= 0.3 is 0 Å². The number of aromatic nitrogens is 3. The molecule has 4 aromatic rings. The number of carbonyl (C=O) groups is 1. The van der Waals surface area contributed by atoms with Crippen molar-refractivity contribution in [2.24, 2.45) is 0 Å². The van der Waals surface area contributed by atoms with Crippen LogP contribution in [0.1, 0.15) is 47.8 Å². The molecule has 1 saturated heterocycles. The van der Waals surface area contributed by atoms with Crippen LogP contribution in [-0.2, 0) is 14.3 Å². The van der Waals surface area contributed by atoms with E-state index in [0.717, 1.165) is 79.8 Å². The van der Waals surface area contributed by atoms with E-state index < -0.39 is 10.1 Å². The summed E-state index contributed by atoms with van der Waals surface area (Å²) in [6, 6.07) is 17.1. The molecule has 45 heavy (non-hydrogen) atoms. The number of benzene rings is 2. The molecule has 1 aliphatic carbocycles. The Kier molecular flexibility index (Phi) is 9.06. The van der Waals surface area contributed by atoms with E-state index in [4.69, 9.17) is 9.17 Å². The third kappa shape index (κ3) is 6.98. The number of anilines is 3. The Hall–Kier alpha value is -4.00. The molecule has 3 heterocycles. The highest BCUT2D eigenvalue weighted by molar-refractivity contribution is 7.86. The Balaban J connectivity index is 1.05. The van der Waals surface area contributed by atoms with Gasteiger partial charge in [0.05, 0.1) is 11.5 Å². The van der Waals surface area contributed by atoms with Crippen molar-refractivity contribution in [2.75, 3.05) is 63.6 Å². The van der Waals surface area contributed by atoms with Gasteiger partial charge in [-0.2, -0.15) is 13.4 Å². The predicted molar refractivity (Wildman–Crippen MR) is 176 cm³/mol. The first kappa shape index (κ1) is 31.0. The van der Waals surface area contributed by atoms with Crippen molar-refractivity contribution in [1.29, 1.82) is 0 Å². The molecule has 238 valence electrons. The Morgan fingerprint density at radius 1 is 1.00 bits per heavy atom. The Morgan fingerprint density at radius 3 is 2.36 bits per heavy atom. The number of nitrogens with one attached hydrogen (secondary N) is 1. The molecule has 2 aliphatic rings. The van der Waals surface area contributed by atoms with Gasteiger partial charge in [-0.3, -0.25) is 13.9 Å². The summed E-state index contributed by atoms with van der Waals surface area (Å²) in [5.74, 6) is 0.474. The quantitative estimate of drug-likeness (QED) is 0.246. The average Bonchev–Trinajstić information content (AvgIpc) is 3.69. The van der Waals surface area contributed by atoms with Gasteiger partial charge in [0.1, 0.15) is 11.3 Å². The molecule has 1 amide bonds. The summed E-state index contributed by atoms with van der Waals surface area (Å²) in [6.45, 7) is 5.92. The van der Waals surface area contributed by atoms with Crippen LogP contribution in [0.2, 0.25) is 0 Å². The van der Waals surface area contributed by atoms with Crippen LogP contribution in [0.5, 0.6) is 0 Å². The molecule has 0 bridgehead atoms. The molecular weight excluding hydrogens is 590 g/mol. The third-order valence-electron chi connectivity index (χ3n) is 8.71. The van der Waals surface area contributed by atoms with Crippen molar-refractivity contribution >= 4 is 44.4 Å². The monoisotopic (exact) mass is 631 g/mol. The Labute approximate surface area is 264 Å². The first-order chi connectivity index (χ1) is 21.7. The Morgan fingerprint density at radius 2 is 1.69 bits per heavy atom. The summed E-state index contributed by atoms with van der Waals surface area (Å²) >= 11 is 0. The van der Waals surface area contributed by atoms with Crippen LogP contribution in [0, 0.1) is 6.92 Å². The number of hydrogen-bond acceptors (Lipinski definition) is 9. The van der Waals surface area contributed by atoms with Gasteiger partial charge in [-0.15, -0.1) is 0 Å². The maximum atomic E-state index is 13.0. The summed E-state index contributed by atoms with van der Waals surface area (Å²) < 4.78 is 32.3. The number of amides is 1. The van der Waals surface area contributed by atoms with E-state index in [2.05, 4.69) is 36.8 Å². The summed E-state index contributed by atoms with van der Waals surface area (Å²) in [5.41, 5.74) is 4.46. The number of carbonyl (C=O) groups excluding carboxylic acids is 1. The van der Waals surface area contributed by atoms with Gasteiger partial charge in [-0.1, -0.05) is 30.5 Å². The van der Waals surface area contributed by atoms with Gasteiger partial charge in [0.25, 0.3) is 16.0 Å². The third-order valence-corrected chi connectivity index (χ3v) is 10.0. The zero-order valence-corrected chi connectivity index (χ0v) is 27.0. The van der Waals surface area contributed by atoms with Gasteiger partial charge in [-0.25, -0.2) is 4.98 Å². The van der Waals surface area contributed by atoms with Crippen LogP contribution in [0.3, 0.4) is 0 Å². The maximum Gasteiger partial charge on any atom is 0.297 e. The molecule has 2 aromatic carbocycles. The van der Waals surface area contributed by atoms with Crippen molar-refractivity contribution in [1.82, 2.24) is 24.3 Å². The number of hydrogen-bond donors (Lipinski definition) is 1. The molecule has 1 saturated carbocycles. The standard InChI is InChI=1S/C33H41N7O4S/c1-24-8-14-29(15-9-24)45(42,43)44-21-20-38-16-18-39(19-17-38)27-12-10-26(11-13-27)35-33-34-23-25-22-30(32(41)37(2)3)40(31(25)36-33)28-6-4-5-7-28/h8-15,22-23,28H,4-7,16-21H2,1-3H3,(H,34,35,36). The highest BCUT2D eigenvalue weighted by Crippen LogP contribution is 2.35. The number of rotatable bonds is 10. The topological polar surface area (TPSA) is 113 Å². The average molecular weight is 632 g/mol. The fraction of sp³-hybridized carbons (Fsp3) is 0.424. The lowest BCUT2D eigenvalue weighted by molar-refractivity contribution is 0.0815. The number of fused-ring (bicyclic) bond motifs is 1. The first-order valence-electron chi connectivity index (χ1n) is 15.6. The molecule has 12 heteroatoms. The van der Waals surface area contributed by atoms with Gasteiger partial charge in [0.15, 0.2) is 0 Å². The van der Waals surface area contributed by atoms with Crippen molar-refractivity contribution in [2.45, 2.75) is 43.5 Å². The van der Waals surface area contributed by atoms with E-state index in [1.807, 2.05) is 25.1 Å². The largest absolute Gasteiger partial charge is 0.369 e. The highest BCUT2D eigenvalue weighted by Gasteiger charge is 2.26. The van der Waals surface area contributed by atoms with E-state index in [1.165, 1.54) is 0 Å². The van der Waals surface area contributed by atoms with E-state index in [1.54, 1.807) is 49.5 Å². The summed E-state index contributed by atoms with van der Waals surface area (Å²) in [7, 11) is -0.195. The van der Waals surface area contributed by atoms with E-state index >= 15 is 0 Å². The van der Waals surface area contributed by atoms with E-state index in [-0.39, 0.29) is 23.5 Å². The van der Waals surface area contributed by atoms with Gasteiger partial charge in [-0.05, 0) is 62.2 Å². The minimum absolute atomic E-state index is 0.0229. The second-order valence-corrected chi connectivity index (χ2v) is 13.7. The van der Waals surface area contributed by atoms with E-state index in [0.29, 0.717) is 18.2 Å². The molecule has 1 aliphatic heterocycles. The number of piperazine rings is 1. The molecule has 2 fully saturated rings. The van der Waals surface area contributed by atoms with Crippen molar-refractivity contribution in [3.63, 3.8) is 0 Å². The van der Waals surface area contributed by atoms with Crippen molar-refractivity contribution in [3.8, 4) is 0 Å². The van der Waals surface area contributed by atoms with Crippen molar-refractivity contribution in [3.05, 3.63) is 72.1 Å². The van der Waals surface area contributed by atoms with Crippen molar-refractivity contribution < 1.29 is 17.4 Å². The lowest BCUT2D eigenvalue weighted by atomic mass is 10.2. The second-order valence-electron chi connectivity index (χ2n) is 12.1. The van der Waals surface area contributed by atoms with Crippen LogP contribution in [0.25, 0.3) is 11.0 Å². The molecule has 0 unspecified atom stereocenters. The Bertz CT molecular complexity index is 1740. The highest BCUT2D eigenvalue weighted by atomic mass is 32.2. The molecular formula is C33H41N7O4S. The zero-order chi connectivity index (χ0) is 31.6. The normalized spacial score (nSPS) is 16.4. The second kappa shape index (κ2) is 13.2. The van der Waals surface area contributed by atoms with Gasteiger partial charge in [0.2, 0.25) is 5.95 Å². The molecule has 0 spiro atoms. The van der Waals surface area contributed by atoms with Gasteiger partial charge in [0, 0.05) is 75.8 Å². The lowest BCUT2D eigenvalue weighted by Crippen LogP contribution is -2.47. The molecule has 2 aromatic heterocycles. The minimum atomic E-state index is -3.75. The molecule has 0 atom stereocenters. The lowest BCUT2D eigenvalue weighted by Gasteiger charge is -2.36. The molecule has 6 rings (SSSR count). The summed E-state index contributed by atoms with van der Waals surface area (Å²) in [5, 5.41) is 4.21. The SMILES string of the molecule is Cc1ccc(S(=O)(=O)OCCN2CCN(c3ccc(Nc4ncc5cc(C(=O)N(C)C)n(C6CCCC6)c5n4)cc3)CC2)cc1. The van der Waals surface area contributed by atoms with Crippen LogP contribution in [0.4, 0.5) is 17.3 Å². The van der Waals surface area contributed by atoms with Crippen LogP contribution in [0.15, 0.2) is 65.7 Å². The fourth-order valence-electron chi connectivity index (χ4n) is 6.16. The summed E-state index contributed by atoms with van der Waals surface area (Å²) in [6.07, 6.45) is 6.20. The van der Waals surface area contributed by atoms with Crippen LogP contribution < -0.4 is 10.2 Å². The predicted octanol–water partition coefficient (Wildman–Crippen LogP) is 4.83. The smallest absolute Gasteiger partial charge is 0.297 e. The van der Waals surface area contributed by atoms with Gasteiger partial charge < -0.3 is 19.7 Å². The number of aryl methyl sites for hydroxylation is 1. The van der Waals surface area contributed by atoms with Crippen LogP contribution in [-0.4, -0.2) is 92.1 Å². The summed E-state index contributed by atoms with van der Waals surface area (Å²) in [4.78, 5) is 28.8. The fourth-order valence-corrected chi connectivity index (χ4v) is 7.06. The molecule has 1 N–H and O–H groups in total. The number of nitrogens with zero attached hydrogens (tertiary/aromatic N) is 6. The first-order valence-corrected chi connectivity index (χ1v) is 17.0. The minimum Gasteiger partial charge on any atom is -0.369 e. The molecule has 0 radical (unpaired) electrons. The van der Waals surface area contributed by atoms with E-state index in [9.17, 15) is 13.2 Å². The maximum absolute atomic E-state index is 13.0.